The van der Waals surface area contributed by atoms with E-state index in [0.717, 1.165) is 15.8 Å². The quantitative estimate of drug-likeness (QED) is 0.374. The second-order valence-corrected chi connectivity index (χ2v) is 13.7. The Bertz CT molecular complexity index is 1480. The van der Waals surface area contributed by atoms with E-state index in [4.69, 9.17) is 4.74 Å². The Hall–Kier alpha value is -2.63. The smallest absolute Gasteiger partial charge is 0.254 e. The zero-order valence-corrected chi connectivity index (χ0v) is 23.3. The van der Waals surface area contributed by atoms with Crippen LogP contribution in [0.3, 0.4) is 0 Å². The minimum absolute atomic E-state index is 0.0718. The van der Waals surface area contributed by atoms with Crippen LogP contribution in [0.5, 0.6) is 5.75 Å². The summed E-state index contributed by atoms with van der Waals surface area (Å²) in [5.41, 5.74) is 2.58. The van der Waals surface area contributed by atoms with Crippen molar-refractivity contribution in [2.45, 2.75) is 74.4 Å². The lowest BCUT2D eigenvalue weighted by molar-refractivity contribution is -0.139. The average Bonchev–Trinajstić information content (AvgIpc) is 3.38. The molecular formula is C28H31F2N3O4S2. The van der Waals surface area contributed by atoms with Gasteiger partial charge in [-0.25, -0.2) is 22.2 Å². The first kappa shape index (κ1) is 26.6. The van der Waals surface area contributed by atoms with E-state index in [1.54, 1.807) is 22.5 Å². The third kappa shape index (κ3) is 4.72. The molecule has 1 spiro atoms. The summed E-state index contributed by atoms with van der Waals surface area (Å²) in [6.07, 6.45) is 2.64. The predicted molar refractivity (Wildman–Crippen MR) is 144 cm³/mol. The van der Waals surface area contributed by atoms with Crippen LogP contribution in [-0.2, 0) is 21.4 Å². The van der Waals surface area contributed by atoms with Crippen molar-refractivity contribution in [3.8, 4) is 5.75 Å². The molecule has 3 fully saturated rings. The van der Waals surface area contributed by atoms with Gasteiger partial charge in [-0.3, -0.25) is 4.79 Å². The molecule has 1 aromatic heterocycles. The summed E-state index contributed by atoms with van der Waals surface area (Å²) in [6.45, 7) is 0.538. The molecule has 3 aromatic rings. The minimum Gasteiger partial charge on any atom is -0.497 e. The first-order valence-electron chi connectivity index (χ1n) is 13.3. The van der Waals surface area contributed by atoms with Gasteiger partial charge in [0.15, 0.2) is 0 Å². The van der Waals surface area contributed by atoms with Crippen LogP contribution in [0.25, 0.3) is 10.2 Å². The van der Waals surface area contributed by atoms with E-state index >= 15 is 0 Å². The number of alkyl halides is 2. The highest BCUT2D eigenvalue weighted by molar-refractivity contribution is 7.89. The van der Waals surface area contributed by atoms with E-state index in [2.05, 4.69) is 4.98 Å². The van der Waals surface area contributed by atoms with Crippen molar-refractivity contribution >= 4 is 37.5 Å². The number of hydrogen-bond donors (Lipinski definition) is 0. The number of methoxy groups -OCH3 is 1. The number of sulfonamides is 1. The first-order chi connectivity index (χ1) is 18.6. The van der Waals surface area contributed by atoms with Crippen LogP contribution in [0.2, 0.25) is 0 Å². The van der Waals surface area contributed by atoms with E-state index in [1.165, 1.54) is 34.9 Å². The molecule has 2 aliphatic carbocycles. The standard InChI is InChI=1S/C28H31F2N3O4S2/c1-37-21-5-7-22(8-6-21)39(35,36)33-14-2-3-24(33)26(34)32(16-19-4-9-25-23(15-19)31-18-38-25)20-10-12-27(13-11-20)17-28(27,29)30/h4-9,15,18,20,24H,2-3,10-14,16-17H2,1H3/t20?,24-,27?/m0/s1. The van der Waals surface area contributed by atoms with Gasteiger partial charge in [0.05, 0.1) is 27.7 Å². The van der Waals surface area contributed by atoms with E-state index in [0.29, 0.717) is 44.3 Å². The molecule has 1 saturated heterocycles. The van der Waals surface area contributed by atoms with E-state index < -0.39 is 27.4 Å². The molecule has 3 aliphatic rings. The Labute approximate surface area is 230 Å². The van der Waals surface area contributed by atoms with Crippen molar-refractivity contribution in [1.29, 1.82) is 0 Å². The zero-order chi connectivity index (χ0) is 27.4. The van der Waals surface area contributed by atoms with Crippen LogP contribution >= 0.6 is 11.3 Å². The maximum Gasteiger partial charge on any atom is 0.254 e. The maximum atomic E-state index is 14.2. The Morgan fingerprint density at radius 3 is 2.54 bits per heavy atom. The van der Waals surface area contributed by atoms with Gasteiger partial charge in [0.25, 0.3) is 5.92 Å². The van der Waals surface area contributed by atoms with E-state index in [-0.39, 0.29) is 36.4 Å². The summed E-state index contributed by atoms with van der Waals surface area (Å²) in [7, 11) is -2.41. The normalized spacial score (nSPS) is 26.6. The Kier molecular flexibility index (Phi) is 6.67. The van der Waals surface area contributed by atoms with Gasteiger partial charge in [-0.1, -0.05) is 6.07 Å². The lowest BCUT2D eigenvalue weighted by atomic mass is 9.82. The number of hydrogen-bond acceptors (Lipinski definition) is 6. The van der Waals surface area contributed by atoms with Crippen LogP contribution < -0.4 is 4.74 Å². The maximum absolute atomic E-state index is 14.2. The van der Waals surface area contributed by atoms with Crippen LogP contribution in [0.4, 0.5) is 8.78 Å². The van der Waals surface area contributed by atoms with Gasteiger partial charge >= 0.3 is 0 Å². The molecular weight excluding hydrogens is 544 g/mol. The van der Waals surface area contributed by atoms with Crippen molar-refractivity contribution in [3.63, 3.8) is 0 Å². The molecule has 11 heteroatoms. The number of benzene rings is 2. The second-order valence-electron chi connectivity index (χ2n) is 11.0. The van der Waals surface area contributed by atoms with Gasteiger partial charge in [0, 0.05) is 31.0 Å². The third-order valence-corrected chi connectivity index (χ3v) is 11.5. The average molecular weight is 576 g/mol. The number of carbonyl (C=O) groups excluding carboxylic acids is 1. The molecule has 208 valence electrons. The topological polar surface area (TPSA) is 79.8 Å². The molecule has 1 aliphatic heterocycles. The molecule has 7 nitrogen and oxygen atoms in total. The molecule has 0 unspecified atom stereocenters. The SMILES string of the molecule is COc1ccc(S(=O)(=O)N2CCC[C@H]2C(=O)N(Cc2ccc3scnc3c2)C2CCC3(CC2)CC3(F)F)cc1. The van der Waals surface area contributed by atoms with Crippen LogP contribution in [-0.4, -0.2) is 60.2 Å². The van der Waals surface area contributed by atoms with Gasteiger partial charge < -0.3 is 9.64 Å². The van der Waals surface area contributed by atoms with Gasteiger partial charge in [-0.2, -0.15) is 4.31 Å². The number of carbonyl (C=O) groups is 1. The Morgan fingerprint density at radius 1 is 1.15 bits per heavy atom. The zero-order valence-electron chi connectivity index (χ0n) is 21.7. The number of ether oxygens (including phenoxy) is 1. The molecule has 1 amide bonds. The second kappa shape index (κ2) is 9.78. The molecule has 6 rings (SSSR count). The molecule has 2 aromatic carbocycles. The Balaban J connectivity index is 1.28. The van der Waals surface area contributed by atoms with Gasteiger partial charge in [0.1, 0.15) is 11.8 Å². The highest BCUT2D eigenvalue weighted by Gasteiger charge is 2.70. The molecule has 0 N–H and O–H groups in total. The van der Waals surface area contributed by atoms with E-state index in [1.807, 2.05) is 18.2 Å². The fourth-order valence-corrected chi connectivity index (χ4v) is 8.63. The molecule has 0 bridgehead atoms. The fourth-order valence-electron chi connectivity index (χ4n) is 6.32. The Morgan fingerprint density at radius 2 is 1.87 bits per heavy atom. The van der Waals surface area contributed by atoms with Crippen molar-refractivity contribution in [2.75, 3.05) is 13.7 Å². The third-order valence-electron chi connectivity index (χ3n) is 8.75. The molecule has 0 radical (unpaired) electrons. The summed E-state index contributed by atoms with van der Waals surface area (Å²) in [6, 6.07) is 11.0. The highest BCUT2D eigenvalue weighted by Crippen LogP contribution is 2.67. The highest BCUT2D eigenvalue weighted by atomic mass is 32.2. The van der Waals surface area contributed by atoms with Crippen LogP contribution in [0, 0.1) is 5.41 Å². The number of fused-ring (bicyclic) bond motifs is 1. The molecule has 2 saturated carbocycles. The van der Waals surface area contributed by atoms with Gasteiger partial charge in [-0.15, -0.1) is 11.3 Å². The number of thiazole rings is 1. The van der Waals surface area contributed by atoms with Gasteiger partial charge in [-0.05, 0) is 80.5 Å². The predicted octanol–water partition coefficient (Wildman–Crippen LogP) is 5.45. The number of amides is 1. The summed E-state index contributed by atoms with van der Waals surface area (Å²) in [5, 5.41) is 0. The van der Waals surface area contributed by atoms with Crippen LogP contribution in [0.1, 0.15) is 50.5 Å². The van der Waals surface area contributed by atoms with Crippen molar-refractivity contribution < 1.29 is 26.7 Å². The van der Waals surface area contributed by atoms with Crippen molar-refractivity contribution in [2.24, 2.45) is 5.41 Å². The lowest BCUT2D eigenvalue weighted by Crippen LogP contribution is -2.51. The fraction of sp³-hybridized carbons (Fsp3) is 0.500. The summed E-state index contributed by atoms with van der Waals surface area (Å²) < 4.78 is 62.9. The number of nitrogens with zero attached hydrogens (tertiary/aromatic N) is 3. The monoisotopic (exact) mass is 575 g/mol. The number of halogens is 2. The summed E-state index contributed by atoms with van der Waals surface area (Å²) in [5.74, 6) is -2.33. The number of rotatable bonds is 7. The molecule has 1 atom stereocenters. The van der Waals surface area contributed by atoms with Crippen LogP contribution in [0.15, 0.2) is 52.9 Å². The minimum atomic E-state index is -3.92. The molecule has 2 heterocycles. The van der Waals surface area contributed by atoms with Crippen molar-refractivity contribution in [1.82, 2.24) is 14.2 Å². The molecule has 39 heavy (non-hydrogen) atoms. The van der Waals surface area contributed by atoms with Crippen molar-refractivity contribution in [3.05, 3.63) is 53.5 Å². The van der Waals surface area contributed by atoms with Gasteiger partial charge in [0.2, 0.25) is 15.9 Å². The number of aromatic nitrogens is 1. The van der Waals surface area contributed by atoms with E-state index in [9.17, 15) is 22.0 Å². The first-order valence-corrected chi connectivity index (χ1v) is 15.6. The largest absolute Gasteiger partial charge is 0.497 e. The summed E-state index contributed by atoms with van der Waals surface area (Å²) >= 11 is 1.54. The summed E-state index contributed by atoms with van der Waals surface area (Å²) in [4.78, 5) is 20.5. The lowest BCUT2D eigenvalue weighted by Gasteiger charge is -2.39.